The molecule has 6 heteroatoms. The number of halogens is 1. The van der Waals surface area contributed by atoms with E-state index in [0.29, 0.717) is 21.3 Å². The van der Waals surface area contributed by atoms with E-state index in [-0.39, 0.29) is 0 Å². The van der Waals surface area contributed by atoms with Gasteiger partial charge in [-0.3, -0.25) is 4.68 Å². The maximum absolute atomic E-state index is 10.2. The Hall–Kier alpha value is -1.04. The van der Waals surface area contributed by atoms with Gasteiger partial charge in [-0.05, 0) is 11.4 Å². The first kappa shape index (κ1) is 11.4. The van der Waals surface area contributed by atoms with Gasteiger partial charge in [-0.15, -0.1) is 11.3 Å². The molecule has 2 aromatic rings. The summed E-state index contributed by atoms with van der Waals surface area (Å²) in [6.45, 7) is 0. The van der Waals surface area contributed by atoms with Crippen molar-refractivity contribution in [2.45, 2.75) is 6.10 Å². The zero-order valence-corrected chi connectivity index (χ0v) is 10.4. The zero-order chi connectivity index (χ0) is 11.7. The average Bonchev–Trinajstić information content (AvgIpc) is 2.83. The largest absolute Gasteiger partial charge is 0.493 e. The minimum absolute atomic E-state index is 0.555. The topological polar surface area (TPSA) is 47.3 Å². The van der Waals surface area contributed by atoms with Crippen LogP contribution in [0.3, 0.4) is 0 Å². The van der Waals surface area contributed by atoms with Crippen LogP contribution in [-0.2, 0) is 7.05 Å². The van der Waals surface area contributed by atoms with Gasteiger partial charge in [0.1, 0.15) is 11.8 Å². The normalized spacial score (nSPS) is 12.8. The highest BCUT2D eigenvalue weighted by Gasteiger charge is 2.23. The standard InChI is InChI=1S/C10H11ClN2O2S/c1-13-8(7(15-2)5-12-13)9(14)10-6(11)3-4-16-10/h3-5,9,14H,1-2H3. The molecule has 0 amide bonds. The molecule has 16 heavy (non-hydrogen) atoms. The first-order valence-corrected chi connectivity index (χ1v) is 5.87. The maximum atomic E-state index is 10.2. The molecule has 1 N–H and O–H groups in total. The molecule has 0 aromatic carbocycles. The molecule has 1 unspecified atom stereocenters. The lowest BCUT2D eigenvalue weighted by Crippen LogP contribution is -2.07. The fraction of sp³-hybridized carbons (Fsp3) is 0.300. The molecule has 2 rings (SSSR count). The van der Waals surface area contributed by atoms with E-state index in [1.807, 2.05) is 5.38 Å². The minimum Gasteiger partial charge on any atom is -0.493 e. The van der Waals surface area contributed by atoms with Crippen molar-refractivity contribution in [3.8, 4) is 5.75 Å². The smallest absolute Gasteiger partial charge is 0.163 e. The number of ether oxygens (including phenoxy) is 1. The molecule has 1 atom stereocenters. The third-order valence-electron chi connectivity index (χ3n) is 2.32. The zero-order valence-electron chi connectivity index (χ0n) is 8.85. The molecule has 0 aliphatic heterocycles. The lowest BCUT2D eigenvalue weighted by molar-refractivity contribution is 0.208. The van der Waals surface area contributed by atoms with Crippen molar-refractivity contribution >= 4 is 22.9 Å². The molecule has 4 nitrogen and oxygen atoms in total. The summed E-state index contributed by atoms with van der Waals surface area (Å²) in [6.07, 6.45) is 0.759. The Morgan fingerprint density at radius 2 is 2.38 bits per heavy atom. The Morgan fingerprint density at radius 3 is 2.94 bits per heavy atom. The Bertz CT molecular complexity index is 495. The Morgan fingerprint density at radius 1 is 1.62 bits per heavy atom. The summed E-state index contributed by atoms with van der Waals surface area (Å²) in [5.74, 6) is 0.555. The van der Waals surface area contributed by atoms with E-state index in [1.165, 1.54) is 11.3 Å². The van der Waals surface area contributed by atoms with Crippen LogP contribution in [0, 0.1) is 0 Å². The first-order chi connectivity index (χ1) is 7.65. The molecule has 0 radical (unpaired) electrons. The van der Waals surface area contributed by atoms with Crippen LogP contribution in [0.4, 0.5) is 0 Å². The van der Waals surface area contributed by atoms with E-state index in [1.54, 1.807) is 31.1 Å². The van der Waals surface area contributed by atoms with Crippen molar-refractivity contribution in [2.75, 3.05) is 7.11 Å². The van der Waals surface area contributed by atoms with E-state index in [4.69, 9.17) is 16.3 Å². The van der Waals surface area contributed by atoms with Gasteiger partial charge in [-0.2, -0.15) is 5.10 Å². The third-order valence-corrected chi connectivity index (χ3v) is 3.73. The summed E-state index contributed by atoms with van der Waals surface area (Å²) in [4.78, 5) is 0.698. The van der Waals surface area contributed by atoms with Gasteiger partial charge >= 0.3 is 0 Å². The molecule has 0 spiro atoms. The van der Waals surface area contributed by atoms with Crippen LogP contribution in [0.25, 0.3) is 0 Å². The number of aliphatic hydroxyl groups excluding tert-OH is 1. The van der Waals surface area contributed by atoms with Crippen LogP contribution in [0.5, 0.6) is 5.75 Å². The summed E-state index contributed by atoms with van der Waals surface area (Å²) in [6, 6.07) is 1.76. The molecule has 0 saturated heterocycles. The van der Waals surface area contributed by atoms with Crippen LogP contribution in [0.2, 0.25) is 5.02 Å². The highest BCUT2D eigenvalue weighted by molar-refractivity contribution is 7.10. The summed E-state index contributed by atoms with van der Waals surface area (Å²) in [5.41, 5.74) is 0.604. The van der Waals surface area contributed by atoms with Crippen LogP contribution in [0.1, 0.15) is 16.7 Å². The summed E-state index contributed by atoms with van der Waals surface area (Å²) in [7, 11) is 3.30. The number of aryl methyl sites for hydroxylation is 1. The lowest BCUT2D eigenvalue weighted by atomic mass is 10.2. The number of hydrogen-bond acceptors (Lipinski definition) is 4. The molecule has 2 heterocycles. The van der Waals surface area contributed by atoms with Gasteiger partial charge in [-0.25, -0.2) is 0 Å². The molecule has 86 valence electrons. The first-order valence-electron chi connectivity index (χ1n) is 4.62. The van der Waals surface area contributed by atoms with E-state index in [9.17, 15) is 5.11 Å². The molecular formula is C10H11ClN2O2S. The molecule has 0 saturated carbocycles. The van der Waals surface area contributed by atoms with Gasteiger partial charge in [0.05, 0.1) is 23.2 Å². The summed E-state index contributed by atoms with van der Waals surface area (Å²) < 4.78 is 6.73. The van der Waals surface area contributed by atoms with E-state index in [2.05, 4.69) is 5.10 Å². The van der Waals surface area contributed by atoms with E-state index in [0.717, 1.165) is 0 Å². The fourth-order valence-electron chi connectivity index (χ4n) is 1.52. The second kappa shape index (κ2) is 4.45. The number of thiophene rings is 1. The summed E-state index contributed by atoms with van der Waals surface area (Å²) in [5, 5.41) is 16.7. The molecule has 0 fully saturated rings. The second-order valence-corrected chi connectivity index (χ2v) is 4.61. The van der Waals surface area contributed by atoms with Gasteiger partial charge in [0.15, 0.2) is 5.75 Å². The SMILES string of the molecule is COc1cnn(C)c1C(O)c1sccc1Cl. The van der Waals surface area contributed by atoms with Crippen LogP contribution >= 0.6 is 22.9 Å². The van der Waals surface area contributed by atoms with Crippen molar-refractivity contribution in [2.24, 2.45) is 7.05 Å². The highest BCUT2D eigenvalue weighted by Crippen LogP contribution is 2.36. The Balaban J connectivity index is 2.44. The number of hydrogen-bond donors (Lipinski definition) is 1. The van der Waals surface area contributed by atoms with Crippen LogP contribution in [0.15, 0.2) is 17.6 Å². The minimum atomic E-state index is -0.810. The number of nitrogens with zero attached hydrogens (tertiary/aromatic N) is 2. The number of rotatable bonds is 3. The number of aromatic nitrogens is 2. The average molecular weight is 259 g/mol. The summed E-state index contributed by atoms with van der Waals surface area (Å²) >= 11 is 7.38. The fourth-order valence-corrected chi connectivity index (χ4v) is 2.67. The van der Waals surface area contributed by atoms with Gasteiger partial charge < -0.3 is 9.84 Å². The van der Waals surface area contributed by atoms with Crippen LogP contribution < -0.4 is 4.74 Å². The van der Waals surface area contributed by atoms with Crippen molar-refractivity contribution < 1.29 is 9.84 Å². The van der Waals surface area contributed by atoms with Gasteiger partial charge in [0, 0.05) is 7.05 Å². The number of methoxy groups -OCH3 is 1. The predicted octanol–water partition coefficient (Wildman–Crippen LogP) is 2.23. The van der Waals surface area contributed by atoms with Crippen molar-refractivity contribution in [3.63, 3.8) is 0 Å². The molecule has 0 bridgehead atoms. The number of aliphatic hydroxyl groups is 1. The van der Waals surface area contributed by atoms with E-state index < -0.39 is 6.10 Å². The molecular weight excluding hydrogens is 248 g/mol. The van der Waals surface area contributed by atoms with Gasteiger partial charge in [0.2, 0.25) is 0 Å². The van der Waals surface area contributed by atoms with Crippen molar-refractivity contribution in [1.29, 1.82) is 0 Å². The quantitative estimate of drug-likeness (QED) is 0.918. The Labute approximate surface area is 102 Å². The van der Waals surface area contributed by atoms with Gasteiger partial charge in [0.25, 0.3) is 0 Å². The van der Waals surface area contributed by atoms with Crippen molar-refractivity contribution in [3.05, 3.63) is 33.2 Å². The van der Waals surface area contributed by atoms with Crippen molar-refractivity contribution in [1.82, 2.24) is 9.78 Å². The molecule has 0 aliphatic rings. The second-order valence-electron chi connectivity index (χ2n) is 3.26. The van der Waals surface area contributed by atoms with Gasteiger partial charge in [-0.1, -0.05) is 11.6 Å². The lowest BCUT2D eigenvalue weighted by Gasteiger charge is -2.11. The van der Waals surface area contributed by atoms with E-state index >= 15 is 0 Å². The van der Waals surface area contributed by atoms with Crippen LogP contribution in [-0.4, -0.2) is 22.0 Å². The third kappa shape index (κ3) is 1.81. The highest BCUT2D eigenvalue weighted by atomic mass is 35.5. The Kier molecular flexibility index (Phi) is 3.18. The monoisotopic (exact) mass is 258 g/mol. The molecule has 0 aliphatic carbocycles. The maximum Gasteiger partial charge on any atom is 0.163 e. The molecule has 2 aromatic heterocycles. The predicted molar refractivity (Wildman–Crippen MR) is 63.2 cm³/mol.